The van der Waals surface area contributed by atoms with E-state index in [4.69, 9.17) is 11.6 Å². The highest BCUT2D eigenvalue weighted by Gasteiger charge is 2.27. The maximum Gasteiger partial charge on any atom is 0.255 e. The first-order valence-corrected chi connectivity index (χ1v) is 9.99. The van der Waals surface area contributed by atoms with Gasteiger partial charge < -0.3 is 5.32 Å². The van der Waals surface area contributed by atoms with Crippen LogP contribution < -0.4 is 5.32 Å². The second kappa shape index (κ2) is 7.43. The largest absolute Gasteiger partial charge is 0.345 e. The maximum absolute atomic E-state index is 13.1. The minimum atomic E-state index is -0.0920. The van der Waals surface area contributed by atoms with Gasteiger partial charge in [-0.2, -0.15) is 10.2 Å². The summed E-state index contributed by atoms with van der Waals surface area (Å²) < 4.78 is 3.73. The quantitative estimate of drug-likeness (QED) is 0.717. The van der Waals surface area contributed by atoms with Crippen LogP contribution in [0.2, 0.25) is 5.02 Å². The van der Waals surface area contributed by atoms with Gasteiger partial charge in [-0.3, -0.25) is 9.48 Å². The van der Waals surface area contributed by atoms with E-state index in [1.807, 2.05) is 46.9 Å². The average molecular weight is 398 g/mol. The number of aromatic nitrogens is 4. The molecule has 0 aliphatic heterocycles. The number of carbonyl (C=O) groups is 1. The van der Waals surface area contributed by atoms with Crippen LogP contribution in [-0.4, -0.2) is 25.5 Å². The Bertz CT molecular complexity index is 1000. The molecule has 1 aromatic carbocycles. The van der Waals surface area contributed by atoms with Gasteiger partial charge in [0, 0.05) is 23.3 Å². The van der Waals surface area contributed by atoms with Crippen molar-refractivity contribution in [1.29, 1.82) is 0 Å². The van der Waals surface area contributed by atoms with Crippen molar-refractivity contribution >= 4 is 17.5 Å². The molecule has 1 aliphatic rings. The molecule has 1 N–H and O–H groups in total. The number of aryl methyl sites for hydroxylation is 1. The Hall–Kier alpha value is -2.60. The van der Waals surface area contributed by atoms with E-state index in [0.29, 0.717) is 10.6 Å². The predicted octanol–water partition coefficient (Wildman–Crippen LogP) is 4.19. The summed E-state index contributed by atoms with van der Waals surface area (Å²) in [5.41, 5.74) is 4.72. The molecule has 0 radical (unpaired) electrons. The first-order valence-electron chi connectivity index (χ1n) is 9.61. The van der Waals surface area contributed by atoms with Crippen LogP contribution in [0.5, 0.6) is 0 Å². The number of hydrogen-bond acceptors (Lipinski definition) is 3. The molecule has 1 aliphatic carbocycles. The number of amides is 1. The molecular formula is C21H24ClN5O. The number of rotatable bonds is 4. The molecule has 2 heterocycles. The van der Waals surface area contributed by atoms with Crippen molar-refractivity contribution in [3.63, 3.8) is 0 Å². The lowest BCUT2D eigenvalue weighted by molar-refractivity contribution is 0.0931. The van der Waals surface area contributed by atoms with E-state index in [1.165, 1.54) is 5.69 Å². The van der Waals surface area contributed by atoms with Gasteiger partial charge in [0.05, 0.1) is 35.4 Å². The van der Waals surface area contributed by atoms with Gasteiger partial charge in [-0.1, -0.05) is 25.4 Å². The van der Waals surface area contributed by atoms with Crippen molar-refractivity contribution in [3.05, 3.63) is 64.2 Å². The molecule has 0 bridgehead atoms. The summed E-state index contributed by atoms with van der Waals surface area (Å²) in [7, 11) is 1.95. The van der Waals surface area contributed by atoms with Gasteiger partial charge in [-0.05, 0) is 49.4 Å². The Morgan fingerprint density at radius 1 is 1.21 bits per heavy atom. The Morgan fingerprint density at radius 3 is 2.68 bits per heavy atom. The van der Waals surface area contributed by atoms with Gasteiger partial charge >= 0.3 is 0 Å². The summed E-state index contributed by atoms with van der Waals surface area (Å²) in [6, 6.07) is 7.46. The van der Waals surface area contributed by atoms with Crippen LogP contribution in [0.15, 0.2) is 36.7 Å². The lowest BCUT2D eigenvalue weighted by atomic mass is 9.92. The van der Waals surface area contributed by atoms with E-state index < -0.39 is 0 Å². The maximum atomic E-state index is 13.1. The fraction of sp³-hybridized carbons (Fsp3) is 0.381. The molecule has 1 amide bonds. The third kappa shape index (κ3) is 3.33. The van der Waals surface area contributed by atoms with Gasteiger partial charge in [0.2, 0.25) is 0 Å². The predicted molar refractivity (Wildman–Crippen MR) is 109 cm³/mol. The second-order valence-electron chi connectivity index (χ2n) is 7.57. The number of nitrogens with one attached hydrogen (secondary N) is 1. The van der Waals surface area contributed by atoms with E-state index in [-0.39, 0.29) is 17.9 Å². The summed E-state index contributed by atoms with van der Waals surface area (Å²) in [6.45, 7) is 4.14. The zero-order valence-electron chi connectivity index (χ0n) is 16.3. The van der Waals surface area contributed by atoms with Crippen LogP contribution in [0, 0.1) is 0 Å². The molecule has 2 aromatic heterocycles. The van der Waals surface area contributed by atoms with Crippen molar-refractivity contribution in [2.45, 2.75) is 45.1 Å². The van der Waals surface area contributed by atoms with Gasteiger partial charge in [-0.15, -0.1) is 0 Å². The summed E-state index contributed by atoms with van der Waals surface area (Å²) >= 11 is 6.01. The summed E-state index contributed by atoms with van der Waals surface area (Å²) in [5.74, 6) is 0.0462. The lowest BCUT2D eigenvalue weighted by Crippen LogP contribution is -2.31. The summed E-state index contributed by atoms with van der Waals surface area (Å²) in [4.78, 5) is 13.1. The standard InChI is InChI=1S/C21H24ClN5O/c1-13(2)20-17(12-24-27(20)15-9-7-14(22)8-10-15)21(28)25-18-5-4-6-19-16(18)11-23-26(19)3/h7-13,18H,4-6H2,1-3H3,(H,25,28). The zero-order valence-corrected chi connectivity index (χ0v) is 17.1. The molecule has 146 valence electrons. The third-order valence-corrected chi connectivity index (χ3v) is 5.60. The van der Waals surface area contributed by atoms with Crippen molar-refractivity contribution in [1.82, 2.24) is 24.9 Å². The van der Waals surface area contributed by atoms with E-state index in [1.54, 1.807) is 6.20 Å². The first kappa shape index (κ1) is 18.7. The Labute approximate surface area is 169 Å². The smallest absolute Gasteiger partial charge is 0.255 e. The van der Waals surface area contributed by atoms with E-state index in [2.05, 4.69) is 29.4 Å². The van der Waals surface area contributed by atoms with E-state index in [0.717, 1.165) is 36.2 Å². The summed E-state index contributed by atoms with van der Waals surface area (Å²) in [5, 5.41) is 12.7. The van der Waals surface area contributed by atoms with Gasteiger partial charge in [0.15, 0.2) is 0 Å². The van der Waals surface area contributed by atoms with Gasteiger partial charge in [0.25, 0.3) is 5.91 Å². The third-order valence-electron chi connectivity index (χ3n) is 5.35. The molecule has 1 unspecified atom stereocenters. The molecule has 7 heteroatoms. The fourth-order valence-corrected chi connectivity index (χ4v) is 4.09. The monoisotopic (exact) mass is 397 g/mol. The molecule has 1 atom stereocenters. The first-order chi connectivity index (χ1) is 13.5. The number of halogens is 1. The lowest BCUT2D eigenvalue weighted by Gasteiger charge is -2.24. The van der Waals surface area contributed by atoms with Gasteiger partial charge in [-0.25, -0.2) is 4.68 Å². The Morgan fingerprint density at radius 2 is 1.96 bits per heavy atom. The topological polar surface area (TPSA) is 64.7 Å². The molecule has 0 spiro atoms. The highest BCUT2D eigenvalue weighted by Crippen LogP contribution is 2.30. The minimum Gasteiger partial charge on any atom is -0.345 e. The molecule has 28 heavy (non-hydrogen) atoms. The van der Waals surface area contributed by atoms with Crippen molar-refractivity contribution in [2.75, 3.05) is 0 Å². The van der Waals surface area contributed by atoms with Crippen LogP contribution in [0.1, 0.15) is 66.0 Å². The molecular weight excluding hydrogens is 374 g/mol. The van der Waals surface area contributed by atoms with Crippen molar-refractivity contribution in [3.8, 4) is 5.69 Å². The molecule has 3 aromatic rings. The van der Waals surface area contributed by atoms with Crippen LogP contribution in [0.25, 0.3) is 5.69 Å². The normalized spacial score (nSPS) is 16.2. The highest BCUT2D eigenvalue weighted by molar-refractivity contribution is 6.30. The van der Waals surface area contributed by atoms with Crippen molar-refractivity contribution in [2.24, 2.45) is 7.05 Å². The number of hydrogen-bond donors (Lipinski definition) is 1. The van der Waals surface area contributed by atoms with Gasteiger partial charge in [0.1, 0.15) is 0 Å². The van der Waals surface area contributed by atoms with Crippen LogP contribution >= 0.6 is 11.6 Å². The van der Waals surface area contributed by atoms with E-state index >= 15 is 0 Å². The Kier molecular flexibility index (Phi) is 4.98. The number of fused-ring (bicyclic) bond motifs is 1. The zero-order chi connectivity index (χ0) is 19.8. The van der Waals surface area contributed by atoms with Crippen LogP contribution in [0.3, 0.4) is 0 Å². The van der Waals surface area contributed by atoms with Crippen LogP contribution in [-0.2, 0) is 13.5 Å². The fourth-order valence-electron chi connectivity index (χ4n) is 3.97. The van der Waals surface area contributed by atoms with E-state index in [9.17, 15) is 4.79 Å². The van der Waals surface area contributed by atoms with Crippen LogP contribution in [0.4, 0.5) is 0 Å². The van der Waals surface area contributed by atoms with Crippen molar-refractivity contribution < 1.29 is 4.79 Å². The molecule has 0 fully saturated rings. The number of nitrogens with zero attached hydrogens (tertiary/aromatic N) is 4. The SMILES string of the molecule is CC(C)c1c(C(=O)NC2CCCc3c2cnn3C)cnn1-c1ccc(Cl)cc1. The minimum absolute atomic E-state index is 0.0103. The molecule has 4 rings (SSSR count). The Balaban J connectivity index is 1.64. The highest BCUT2D eigenvalue weighted by atomic mass is 35.5. The molecule has 6 nitrogen and oxygen atoms in total. The second-order valence-corrected chi connectivity index (χ2v) is 8.01. The number of carbonyl (C=O) groups excluding carboxylic acids is 1. The number of benzene rings is 1. The molecule has 0 saturated carbocycles. The molecule has 0 saturated heterocycles. The summed E-state index contributed by atoms with van der Waals surface area (Å²) in [6.07, 6.45) is 6.50. The average Bonchev–Trinajstić information content (AvgIpc) is 3.28.